The normalized spacial score (nSPS) is 11.6. The highest BCUT2D eigenvalue weighted by molar-refractivity contribution is 6.31. The SMILES string of the molecule is CCCCNC(=O)C(C)N(Cc1ccc(F)cc1)C(=O)COc1ccc(Cl)c(C)c1. The van der Waals surface area contributed by atoms with Gasteiger partial charge < -0.3 is 15.0 Å². The molecule has 0 fully saturated rings. The Hall–Kier alpha value is -2.60. The van der Waals surface area contributed by atoms with Crippen LogP contribution in [0.25, 0.3) is 0 Å². The second-order valence-electron chi connectivity index (χ2n) is 7.17. The molecule has 0 saturated carbocycles. The summed E-state index contributed by atoms with van der Waals surface area (Å²) in [5, 5.41) is 3.47. The van der Waals surface area contributed by atoms with Crippen LogP contribution in [-0.4, -0.2) is 35.9 Å². The molecular formula is C23H28ClFN2O3. The van der Waals surface area contributed by atoms with Crippen LogP contribution in [0.15, 0.2) is 42.5 Å². The van der Waals surface area contributed by atoms with E-state index in [1.807, 2.05) is 13.8 Å². The fraction of sp³-hybridized carbons (Fsp3) is 0.391. The first kappa shape index (κ1) is 23.7. The van der Waals surface area contributed by atoms with Crippen LogP contribution < -0.4 is 10.1 Å². The number of hydrogen-bond donors (Lipinski definition) is 1. The van der Waals surface area contributed by atoms with Crippen molar-refractivity contribution in [2.45, 2.75) is 46.2 Å². The first-order valence-electron chi connectivity index (χ1n) is 10.0. The van der Waals surface area contributed by atoms with Gasteiger partial charge in [0.05, 0.1) is 0 Å². The van der Waals surface area contributed by atoms with Gasteiger partial charge in [-0.25, -0.2) is 4.39 Å². The average molecular weight is 435 g/mol. The van der Waals surface area contributed by atoms with Gasteiger partial charge >= 0.3 is 0 Å². The molecule has 1 unspecified atom stereocenters. The van der Waals surface area contributed by atoms with E-state index in [0.29, 0.717) is 17.3 Å². The molecule has 0 aromatic heterocycles. The summed E-state index contributed by atoms with van der Waals surface area (Å²) in [6.45, 7) is 6.06. The highest BCUT2D eigenvalue weighted by atomic mass is 35.5. The molecule has 0 spiro atoms. The molecular weight excluding hydrogens is 407 g/mol. The molecule has 2 amide bonds. The average Bonchev–Trinajstić information content (AvgIpc) is 2.73. The number of halogens is 2. The molecule has 2 aromatic carbocycles. The van der Waals surface area contributed by atoms with Crippen molar-refractivity contribution in [3.05, 3.63) is 64.4 Å². The lowest BCUT2D eigenvalue weighted by atomic mass is 10.1. The third-order valence-corrected chi connectivity index (χ3v) is 5.18. The number of benzene rings is 2. The summed E-state index contributed by atoms with van der Waals surface area (Å²) in [5.41, 5.74) is 1.56. The highest BCUT2D eigenvalue weighted by Gasteiger charge is 2.26. The summed E-state index contributed by atoms with van der Waals surface area (Å²) in [5.74, 6) is -0.415. The van der Waals surface area contributed by atoms with Gasteiger partial charge in [0.25, 0.3) is 5.91 Å². The number of carbonyl (C=O) groups is 2. The van der Waals surface area contributed by atoms with E-state index < -0.39 is 6.04 Å². The maximum Gasteiger partial charge on any atom is 0.261 e. The van der Waals surface area contributed by atoms with Crippen molar-refractivity contribution >= 4 is 23.4 Å². The van der Waals surface area contributed by atoms with Gasteiger partial charge in [-0.15, -0.1) is 0 Å². The Morgan fingerprint density at radius 1 is 1.20 bits per heavy atom. The van der Waals surface area contributed by atoms with Crippen molar-refractivity contribution in [2.75, 3.05) is 13.2 Å². The third-order valence-electron chi connectivity index (χ3n) is 4.75. The van der Waals surface area contributed by atoms with E-state index in [0.717, 1.165) is 24.0 Å². The molecule has 1 N–H and O–H groups in total. The summed E-state index contributed by atoms with van der Waals surface area (Å²) in [4.78, 5) is 26.9. The van der Waals surface area contributed by atoms with Crippen LogP contribution in [0.4, 0.5) is 4.39 Å². The zero-order valence-electron chi connectivity index (χ0n) is 17.6. The predicted octanol–water partition coefficient (Wildman–Crippen LogP) is 4.50. The number of rotatable bonds is 10. The summed E-state index contributed by atoms with van der Waals surface area (Å²) in [6.07, 6.45) is 1.82. The fourth-order valence-corrected chi connectivity index (χ4v) is 2.96. The minimum absolute atomic E-state index is 0.171. The maximum atomic E-state index is 13.2. The van der Waals surface area contributed by atoms with Crippen molar-refractivity contribution in [3.8, 4) is 5.75 Å². The van der Waals surface area contributed by atoms with Crippen LogP contribution in [0.3, 0.4) is 0 Å². The van der Waals surface area contributed by atoms with Crippen molar-refractivity contribution in [3.63, 3.8) is 0 Å². The number of nitrogens with zero attached hydrogens (tertiary/aromatic N) is 1. The van der Waals surface area contributed by atoms with Gasteiger partial charge in [0.1, 0.15) is 17.6 Å². The van der Waals surface area contributed by atoms with Gasteiger partial charge in [0.15, 0.2) is 6.61 Å². The van der Waals surface area contributed by atoms with Crippen LogP contribution in [0.5, 0.6) is 5.75 Å². The van der Waals surface area contributed by atoms with Crippen molar-refractivity contribution in [1.82, 2.24) is 10.2 Å². The molecule has 0 radical (unpaired) electrons. The molecule has 0 saturated heterocycles. The number of ether oxygens (including phenoxy) is 1. The van der Waals surface area contributed by atoms with Gasteiger partial charge in [0, 0.05) is 18.1 Å². The second kappa shape index (κ2) is 11.6. The van der Waals surface area contributed by atoms with Crippen LogP contribution in [0.1, 0.15) is 37.8 Å². The molecule has 2 aromatic rings. The first-order valence-corrected chi connectivity index (χ1v) is 10.4. The lowest BCUT2D eigenvalue weighted by molar-refractivity contribution is -0.142. The van der Waals surface area contributed by atoms with E-state index in [9.17, 15) is 14.0 Å². The van der Waals surface area contributed by atoms with E-state index in [2.05, 4.69) is 5.32 Å². The van der Waals surface area contributed by atoms with Crippen LogP contribution in [0.2, 0.25) is 5.02 Å². The minimum atomic E-state index is -0.699. The summed E-state index contributed by atoms with van der Waals surface area (Å²) in [6, 6.07) is 10.3. The Bertz CT molecular complexity index is 858. The predicted molar refractivity (Wildman–Crippen MR) is 116 cm³/mol. The fourth-order valence-electron chi connectivity index (χ4n) is 2.84. The lowest BCUT2D eigenvalue weighted by Crippen LogP contribution is -2.49. The zero-order valence-corrected chi connectivity index (χ0v) is 18.3. The van der Waals surface area contributed by atoms with E-state index >= 15 is 0 Å². The largest absolute Gasteiger partial charge is 0.484 e. The maximum absolute atomic E-state index is 13.2. The molecule has 0 bridgehead atoms. The number of unbranched alkanes of at least 4 members (excludes halogenated alkanes) is 1. The Morgan fingerprint density at radius 2 is 1.90 bits per heavy atom. The molecule has 1 atom stereocenters. The molecule has 0 aliphatic heterocycles. The number of aryl methyl sites for hydroxylation is 1. The minimum Gasteiger partial charge on any atom is -0.484 e. The van der Waals surface area contributed by atoms with Gasteiger partial charge in [-0.2, -0.15) is 0 Å². The summed E-state index contributed by atoms with van der Waals surface area (Å²) >= 11 is 6.02. The standard InChI is InChI=1S/C23H28ClFN2O3/c1-4-5-12-26-23(29)17(3)27(14-18-6-8-19(25)9-7-18)22(28)15-30-20-10-11-21(24)16(2)13-20/h6-11,13,17H,4-5,12,14-15H2,1-3H3,(H,26,29). The second-order valence-corrected chi connectivity index (χ2v) is 7.58. The van der Waals surface area contributed by atoms with Crippen molar-refractivity contribution in [2.24, 2.45) is 0 Å². The summed E-state index contributed by atoms with van der Waals surface area (Å²) in [7, 11) is 0. The zero-order chi connectivity index (χ0) is 22.1. The molecule has 0 aliphatic rings. The van der Waals surface area contributed by atoms with Crippen LogP contribution in [0, 0.1) is 12.7 Å². The Balaban J connectivity index is 2.11. The van der Waals surface area contributed by atoms with E-state index in [4.69, 9.17) is 16.3 Å². The molecule has 2 rings (SSSR count). The van der Waals surface area contributed by atoms with E-state index in [1.54, 1.807) is 37.3 Å². The first-order chi connectivity index (χ1) is 14.3. The topological polar surface area (TPSA) is 58.6 Å². The van der Waals surface area contributed by atoms with Gasteiger partial charge in [-0.3, -0.25) is 9.59 Å². The molecule has 162 valence electrons. The summed E-state index contributed by atoms with van der Waals surface area (Å²) < 4.78 is 18.9. The lowest BCUT2D eigenvalue weighted by Gasteiger charge is -2.28. The molecule has 5 nitrogen and oxygen atoms in total. The quantitative estimate of drug-likeness (QED) is 0.560. The van der Waals surface area contributed by atoms with Crippen LogP contribution >= 0.6 is 11.6 Å². The number of amides is 2. The Labute approximate surface area is 182 Å². The molecule has 0 aliphatic carbocycles. The number of hydrogen-bond acceptors (Lipinski definition) is 3. The molecule has 7 heteroatoms. The Kier molecular flexibility index (Phi) is 9.12. The molecule has 30 heavy (non-hydrogen) atoms. The van der Waals surface area contributed by atoms with Gasteiger partial charge in [-0.05, 0) is 61.7 Å². The van der Waals surface area contributed by atoms with Crippen LogP contribution in [-0.2, 0) is 16.1 Å². The van der Waals surface area contributed by atoms with Crippen molar-refractivity contribution < 1.29 is 18.7 Å². The van der Waals surface area contributed by atoms with E-state index in [1.165, 1.54) is 17.0 Å². The Morgan fingerprint density at radius 3 is 2.53 bits per heavy atom. The van der Waals surface area contributed by atoms with Gasteiger partial charge in [0.2, 0.25) is 5.91 Å². The highest BCUT2D eigenvalue weighted by Crippen LogP contribution is 2.21. The van der Waals surface area contributed by atoms with E-state index in [-0.39, 0.29) is 30.8 Å². The monoisotopic (exact) mass is 434 g/mol. The van der Waals surface area contributed by atoms with Gasteiger partial charge in [-0.1, -0.05) is 37.1 Å². The molecule has 0 heterocycles. The number of carbonyl (C=O) groups excluding carboxylic acids is 2. The smallest absolute Gasteiger partial charge is 0.261 e. The number of nitrogens with one attached hydrogen (secondary N) is 1. The van der Waals surface area contributed by atoms with Crippen molar-refractivity contribution in [1.29, 1.82) is 0 Å². The third kappa shape index (κ3) is 7.02.